The number of hydrogen-bond donors (Lipinski definition) is 1. The first kappa shape index (κ1) is 14.8. The molecule has 3 aromatic rings. The van der Waals surface area contributed by atoms with Crippen LogP contribution in [0.2, 0.25) is 0 Å². The van der Waals surface area contributed by atoms with E-state index in [9.17, 15) is 8.42 Å². The largest absolute Gasteiger partial charge is 0.280 e. The molecule has 1 N–H and O–H groups in total. The molecule has 0 unspecified atom stereocenters. The van der Waals surface area contributed by atoms with Crippen molar-refractivity contribution in [3.63, 3.8) is 0 Å². The lowest BCUT2D eigenvalue weighted by molar-refractivity contribution is 0.601. The minimum Gasteiger partial charge on any atom is -0.280 e. The summed E-state index contributed by atoms with van der Waals surface area (Å²) in [4.78, 5) is 0.194. The predicted octanol–water partition coefficient (Wildman–Crippen LogP) is 3.44. The molecular weight excluding hydrogens is 366 g/mol. The van der Waals surface area contributed by atoms with E-state index in [1.54, 1.807) is 65.6 Å². The van der Waals surface area contributed by atoms with Crippen molar-refractivity contribution >= 4 is 31.6 Å². The number of hydrogen-bond acceptors (Lipinski definition) is 3. The summed E-state index contributed by atoms with van der Waals surface area (Å²) in [5, 5.41) is 4.13. The minimum absolute atomic E-state index is 0.194. The molecule has 0 spiro atoms. The van der Waals surface area contributed by atoms with Gasteiger partial charge in [0.05, 0.1) is 11.4 Å². The lowest BCUT2D eigenvalue weighted by Crippen LogP contribution is -2.13. The van der Waals surface area contributed by atoms with Gasteiger partial charge >= 0.3 is 0 Å². The number of sulfonamides is 1. The fourth-order valence-corrected chi connectivity index (χ4v) is 4.06. The molecule has 0 saturated heterocycles. The Bertz CT molecular complexity index is 893. The first-order valence-electron chi connectivity index (χ1n) is 6.44. The lowest BCUT2D eigenvalue weighted by atomic mass is 10.3. The standard InChI is InChI=1S/C15H12BrN3O2S/c16-14-7-1-2-8-15(14)22(20,21)18-12-5-3-6-13(11-12)19-10-4-9-17-19/h1-11,18H. The maximum atomic E-state index is 12.5. The van der Waals surface area contributed by atoms with E-state index in [2.05, 4.69) is 25.8 Å². The fourth-order valence-electron chi connectivity index (χ4n) is 2.01. The van der Waals surface area contributed by atoms with Gasteiger partial charge in [-0.25, -0.2) is 13.1 Å². The van der Waals surface area contributed by atoms with Crippen LogP contribution < -0.4 is 4.72 Å². The lowest BCUT2D eigenvalue weighted by Gasteiger charge is -2.10. The molecule has 0 bridgehead atoms. The van der Waals surface area contributed by atoms with E-state index in [0.29, 0.717) is 10.2 Å². The Balaban J connectivity index is 1.93. The summed E-state index contributed by atoms with van der Waals surface area (Å²) in [5.41, 5.74) is 1.25. The van der Waals surface area contributed by atoms with Gasteiger partial charge in [0.15, 0.2) is 0 Å². The molecule has 0 aliphatic rings. The highest BCUT2D eigenvalue weighted by Crippen LogP contribution is 2.24. The van der Waals surface area contributed by atoms with Gasteiger partial charge in [0.25, 0.3) is 10.0 Å². The van der Waals surface area contributed by atoms with Crippen LogP contribution in [0.3, 0.4) is 0 Å². The van der Waals surface area contributed by atoms with Crippen LogP contribution in [0.15, 0.2) is 76.4 Å². The summed E-state index contributed by atoms with van der Waals surface area (Å²) in [5.74, 6) is 0. The smallest absolute Gasteiger partial charge is 0.263 e. The first-order chi connectivity index (χ1) is 10.6. The SMILES string of the molecule is O=S(=O)(Nc1cccc(-n2cccn2)c1)c1ccccc1Br. The van der Waals surface area contributed by atoms with Crippen molar-refractivity contribution in [1.82, 2.24) is 9.78 Å². The van der Waals surface area contributed by atoms with Gasteiger partial charge in [-0.05, 0) is 52.3 Å². The van der Waals surface area contributed by atoms with Crippen molar-refractivity contribution in [2.75, 3.05) is 4.72 Å². The van der Waals surface area contributed by atoms with E-state index in [-0.39, 0.29) is 4.90 Å². The summed E-state index contributed by atoms with van der Waals surface area (Å²) in [7, 11) is -3.66. The van der Waals surface area contributed by atoms with Crippen molar-refractivity contribution in [2.45, 2.75) is 4.90 Å². The molecule has 0 aliphatic heterocycles. The van der Waals surface area contributed by atoms with Crippen molar-refractivity contribution < 1.29 is 8.42 Å². The molecule has 5 nitrogen and oxygen atoms in total. The van der Waals surface area contributed by atoms with E-state index in [1.807, 2.05) is 6.07 Å². The third-order valence-corrected chi connectivity index (χ3v) is 5.39. The maximum absolute atomic E-state index is 12.5. The average Bonchev–Trinajstić information content (AvgIpc) is 3.01. The van der Waals surface area contributed by atoms with Gasteiger partial charge in [0.2, 0.25) is 0 Å². The highest BCUT2D eigenvalue weighted by Gasteiger charge is 2.17. The quantitative estimate of drug-likeness (QED) is 0.757. The molecular formula is C15H12BrN3O2S. The summed E-state index contributed by atoms with van der Waals surface area (Å²) < 4.78 is 29.7. The van der Waals surface area contributed by atoms with Crippen LogP contribution in [0, 0.1) is 0 Å². The zero-order valence-electron chi connectivity index (χ0n) is 11.3. The molecule has 0 fully saturated rings. The topological polar surface area (TPSA) is 64.0 Å². The Labute approximate surface area is 136 Å². The number of nitrogens with zero attached hydrogens (tertiary/aromatic N) is 2. The van der Waals surface area contributed by atoms with Crippen LogP contribution in [0.5, 0.6) is 0 Å². The van der Waals surface area contributed by atoms with Gasteiger partial charge in [0.1, 0.15) is 4.90 Å². The number of aromatic nitrogens is 2. The Hall–Kier alpha value is -2.12. The van der Waals surface area contributed by atoms with E-state index in [1.165, 1.54) is 0 Å². The summed E-state index contributed by atoms with van der Waals surface area (Å²) in [6.07, 6.45) is 3.46. The second kappa shape index (κ2) is 5.94. The van der Waals surface area contributed by atoms with Gasteiger partial charge < -0.3 is 0 Å². The molecule has 0 saturated carbocycles. The number of anilines is 1. The second-order valence-electron chi connectivity index (χ2n) is 4.54. The maximum Gasteiger partial charge on any atom is 0.263 e. The molecule has 1 heterocycles. The van der Waals surface area contributed by atoms with Crippen LogP contribution >= 0.6 is 15.9 Å². The number of rotatable bonds is 4. The molecule has 0 amide bonds. The second-order valence-corrected chi connectivity index (χ2v) is 7.04. The molecule has 7 heteroatoms. The van der Waals surface area contributed by atoms with E-state index < -0.39 is 10.0 Å². The van der Waals surface area contributed by atoms with Crippen molar-refractivity contribution in [3.05, 3.63) is 71.5 Å². The van der Waals surface area contributed by atoms with Crippen LogP contribution in [-0.2, 0) is 10.0 Å². The number of benzene rings is 2. The molecule has 2 aromatic carbocycles. The normalized spacial score (nSPS) is 11.3. The molecule has 0 radical (unpaired) electrons. The third kappa shape index (κ3) is 3.05. The molecule has 0 aliphatic carbocycles. The number of halogens is 1. The monoisotopic (exact) mass is 377 g/mol. The van der Waals surface area contributed by atoms with E-state index >= 15 is 0 Å². The Morgan fingerprint density at radius 1 is 1.05 bits per heavy atom. The minimum atomic E-state index is -3.66. The predicted molar refractivity (Wildman–Crippen MR) is 88.5 cm³/mol. The van der Waals surface area contributed by atoms with Crippen LogP contribution in [-0.4, -0.2) is 18.2 Å². The van der Waals surface area contributed by atoms with Crippen molar-refractivity contribution in [3.8, 4) is 5.69 Å². The van der Waals surface area contributed by atoms with Gasteiger partial charge in [-0.2, -0.15) is 5.10 Å². The first-order valence-corrected chi connectivity index (χ1v) is 8.71. The Morgan fingerprint density at radius 3 is 2.59 bits per heavy atom. The van der Waals surface area contributed by atoms with Gasteiger partial charge in [-0.1, -0.05) is 18.2 Å². The van der Waals surface area contributed by atoms with Gasteiger partial charge in [-0.15, -0.1) is 0 Å². The zero-order chi connectivity index (χ0) is 15.6. The molecule has 0 atom stereocenters. The van der Waals surface area contributed by atoms with Crippen molar-refractivity contribution in [2.24, 2.45) is 0 Å². The number of nitrogens with one attached hydrogen (secondary N) is 1. The van der Waals surface area contributed by atoms with Crippen molar-refractivity contribution in [1.29, 1.82) is 0 Å². The molecule has 22 heavy (non-hydrogen) atoms. The zero-order valence-corrected chi connectivity index (χ0v) is 13.8. The highest BCUT2D eigenvalue weighted by molar-refractivity contribution is 9.10. The van der Waals surface area contributed by atoms with Crippen LogP contribution in [0.4, 0.5) is 5.69 Å². The van der Waals surface area contributed by atoms with Crippen LogP contribution in [0.1, 0.15) is 0 Å². The van der Waals surface area contributed by atoms with E-state index in [4.69, 9.17) is 0 Å². The van der Waals surface area contributed by atoms with Gasteiger partial charge in [0, 0.05) is 16.9 Å². The Kier molecular flexibility index (Phi) is 4.00. The highest BCUT2D eigenvalue weighted by atomic mass is 79.9. The molecule has 112 valence electrons. The van der Waals surface area contributed by atoms with Gasteiger partial charge in [-0.3, -0.25) is 4.72 Å². The third-order valence-electron chi connectivity index (χ3n) is 2.99. The summed E-state index contributed by atoms with van der Waals surface area (Å²) in [6.45, 7) is 0. The molecule has 3 rings (SSSR count). The summed E-state index contributed by atoms with van der Waals surface area (Å²) >= 11 is 3.26. The molecule has 1 aromatic heterocycles. The summed E-state index contributed by atoms with van der Waals surface area (Å²) in [6, 6.07) is 15.5. The Morgan fingerprint density at radius 2 is 1.86 bits per heavy atom. The van der Waals surface area contributed by atoms with E-state index in [0.717, 1.165) is 5.69 Å². The fraction of sp³-hybridized carbons (Fsp3) is 0. The van der Waals surface area contributed by atoms with Crippen LogP contribution in [0.25, 0.3) is 5.69 Å². The average molecular weight is 378 g/mol.